The van der Waals surface area contributed by atoms with E-state index in [2.05, 4.69) is 5.32 Å². The lowest BCUT2D eigenvalue weighted by Gasteiger charge is -2.08. The Balaban J connectivity index is 2.14. The second kappa shape index (κ2) is 6.16. The first-order chi connectivity index (χ1) is 9.63. The molecule has 0 aliphatic heterocycles. The van der Waals surface area contributed by atoms with Gasteiger partial charge >= 0.3 is 0 Å². The largest absolute Gasteiger partial charge is 0.494 e. The molecule has 0 bridgehead atoms. The molecule has 2 aromatic carbocycles. The molecule has 0 aliphatic carbocycles. The minimum atomic E-state index is -0.517. The number of aliphatic hydroxyl groups excluding tert-OH is 1. The zero-order valence-corrected chi connectivity index (χ0v) is 10.9. The summed E-state index contributed by atoms with van der Waals surface area (Å²) in [5, 5.41) is 11.6. The summed E-state index contributed by atoms with van der Waals surface area (Å²) in [5.41, 5.74) is 1.65. The van der Waals surface area contributed by atoms with Gasteiger partial charge in [-0.15, -0.1) is 0 Å². The van der Waals surface area contributed by atoms with Crippen molar-refractivity contribution in [1.29, 1.82) is 0 Å². The number of carbonyl (C=O) groups excluding carboxylic acids is 1. The molecule has 0 aliphatic rings. The van der Waals surface area contributed by atoms with Crippen molar-refractivity contribution in [3.05, 3.63) is 59.4 Å². The van der Waals surface area contributed by atoms with Crippen molar-refractivity contribution in [2.24, 2.45) is 0 Å². The van der Waals surface area contributed by atoms with E-state index in [0.717, 1.165) is 5.56 Å². The normalized spacial score (nSPS) is 10.2. The summed E-state index contributed by atoms with van der Waals surface area (Å²) >= 11 is 0. The Labute approximate surface area is 115 Å². The van der Waals surface area contributed by atoms with Gasteiger partial charge in [0.1, 0.15) is 0 Å². The molecule has 0 aromatic heterocycles. The van der Waals surface area contributed by atoms with Gasteiger partial charge in [-0.1, -0.05) is 12.1 Å². The lowest BCUT2D eigenvalue weighted by atomic mass is 10.1. The van der Waals surface area contributed by atoms with Gasteiger partial charge in [-0.2, -0.15) is 0 Å². The molecule has 4 nitrogen and oxygen atoms in total. The van der Waals surface area contributed by atoms with Crippen molar-refractivity contribution in [1.82, 2.24) is 0 Å². The molecule has 20 heavy (non-hydrogen) atoms. The third kappa shape index (κ3) is 3.13. The van der Waals surface area contributed by atoms with Gasteiger partial charge in [0.15, 0.2) is 11.6 Å². The predicted molar refractivity (Wildman–Crippen MR) is 73.3 cm³/mol. The van der Waals surface area contributed by atoms with E-state index in [1.54, 1.807) is 24.3 Å². The van der Waals surface area contributed by atoms with Crippen LogP contribution in [0.5, 0.6) is 5.75 Å². The van der Waals surface area contributed by atoms with Gasteiger partial charge in [0.2, 0.25) is 0 Å². The van der Waals surface area contributed by atoms with E-state index < -0.39 is 5.82 Å². The first-order valence-corrected chi connectivity index (χ1v) is 5.98. The fourth-order valence-corrected chi connectivity index (χ4v) is 1.70. The predicted octanol–water partition coefficient (Wildman–Crippen LogP) is 2.58. The Morgan fingerprint density at radius 3 is 2.55 bits per heavy atom. The van der Waals surface area contributed by atoms with Crippen molar-refractivity contribution in [2.75, 3.05) is 12.4 Å². The molecule has 5 heteroatoms. The molecule has 0 radical (unpaired) electrons. The van der Waals surface area contributed by atoms with Crippen LogP contribution in [0.1, 0.15) is 15.9 Å². The number of hydrogen-bond donors (Lipinski definition) is 2. The molecule has 2 aromatic rings. The Kier molecular flexibility index (Phi) is 4.32. The van der Waals surface area contributed by atoms with Crippen molar-refractivity contribution >= 4 is 11.6 Å². The molecule has 0 spiro atoms. The molecule has 1 amide bonds. The third-order valence-corrected chi connectivity index (χ3v) is 2.81. The van der Waals surface area contributed by atoms with Gasteiger partial charge in [-0.05, 0) is 35.9 Å². The fraction of sp³-hybridized carbons (Fsp3) is 0.133. The van der Waals surface area contributed by atoms with Crippen LogP contribution in [0.4, 0.5) is 10.1 Å². The SMILES string of the molecule is COc1cc(C(=O)Nc2ccc(CO)cc2)ccc1F. The lowest BCUT2D eigenvalue weighted by Crippen LogP contribution is -2.12. The number of rotatable bonds is 4. The standard InChI is InChI=1S/C15H14FNO3/c1-20-14-8-11(4-7-13(14)16)15(19)17-12-5-2-10(9-18)3-6-12/h2-8,18H,9H2,1H3,(H,17,19). The Morgan fingerprint density at radius 1 is 1.25 bits per heavy atom. The highest BCUT2D eigenvalue weighted by molar-refractivity contribution is 6.04. The zero-order chi connectivity index (χ0) is 14.5. The summed E-state index contributed by atoms with van der Waals surface area (Å²) in [7, 11) is 1.34. The molecule has 0 heterocycles. The summed E-state index contributed by atoms with van der Waals surface area (Å²) in [6.45, 7) is -0.0522. The average molecular weight is 275 g/mol. The van der Waals surface area contributed by atoms with Crippen molar-refractivity contribution in [2.45, 2.75) is 6.61 Å². The summed E-state index contributed by atoms with van der Waals surface area (Å²) in [4.78, 5) is 12.0. The molecule has 104 valence electrons. The molecule has 0 unspecified atom stereocenters. The summed E-state index contributed by atoms with van der Waals surface area (Å²) in [6, 6.07) is 10.7. The van der Waals surface area contributed by atoms with Crippen LogP contribution in [-0.4, -0.2) is 18.1 Å². The number of anilines is 1. The van der Waals surface area contributed by atoms with Crippen LogP contribution in [0.15, 0.2) is 42.5 Å². The maximum atomic E-state index is 13.3. The monoisotopic (exact) mass is 275 g/mol. The van der Waals surface area contributed by atoms with E-state index in [4.69, 9.17) is 9.84 Å². The Morgan fingerprint density at radius 2 is 1.95 bits per heavy atom. The van der Waals surface area contributed by atoms with Crippen LogP contribution in [0.25, 0.3) is 0 Å². The molecular weight excluding hydrogens is 261 g/mol. The molecule has 0 atom stereocenters. The first-order valence-electron chi connectivity index (χ1n) is 5.98. The first kappa shape index (κ1) is 14.0. The van der Waals surface area contributed by atoms with E-state index in [0.29, 0.717) is 11.3 Å². The molecule has 0 saturated heterocycles. The minimum absolute atomic E-state index is 0.0216. The number of hydrogen-bond acceptors (Lipinski definition) is 3. The fourth-order valence-electron chi connectivity index (χ4n) is 1.70. The van der Waals surface area contributed by atoms with Crippen LogP contribution in [-0.2, 0) is 6.61 Å². The van der Waals surface area contributed by atoms with Gasteiger partial charge in [-0.3, -0.25) is 4.79 Å². The summed E-state index contributed by atoms with van der Waals surface area (Å²) in [5.74, 6) is -0.857. The number of methoxy groups -OCH3 is 1. The summed E-state index contributed by atoms with van der Waals surface area (Å²) < 4.78 is 18.1. The number of aliphatic hydroxyl groups is 1. The topological polar surface area (TPSA) is 58.6 Å². The molecule has 2 N–H and O–H groups in total. The highest BCUT2D eigenvalue weighted by Gasteiger charge is 2.10. The van der Waals surface area contributed by atoms with E-state index in [9.17, 15) is 9.18 Å². The molecule has 0 saturated carbocycles. The van der Waals surface area contributed by atoms with Crippen LogP contribution < -0.4 is 10.1 Å². The number of ether oxygens (including phenoxy) is 1. The quantitative estimate of drug-likeness (QED) is 0.901. The highest BCUT2D eigenvalue weighted by atomic mass is 19.1. The van der Waals surface area contributed by atoms with Gasteiger partial charge < -0.3 is 15.2 Å². The second-order valence-electron chi connectivity index (χ2n) is 4.16. The number of halogens is 1. The average Bonchev–Trinajstić information content (AvgIpc) is 2.48. The molecular formula is C15H14FNO3. The van der Waals surface area contributed by atoms with E-state index in [-0.39, 0.29) is 18.3 Å². The molecule has 2 rings (SSSR count). The van der Waals surface area contributed by atoms with Crippen molar-refractivity contribution in [3.63, 3.8) is 0 Å². The van der Waals surface area contributed by atoms with Crippen molar-refractivity contribution in [3.8, 4) is 5.75 Å². The van der Waals surface area contributed by atoms with Crippen molar-refractivity contribution < 1.29 is 19.0 Å². The van der Waals surface area contributed by atoms with E-state index in [1.807, 2.05) is 0 Å². The lowest BCUT2D eigenvalue weighted by molar-refractivity contribution is 0.102. The van der Waals surface area contributed by atoms with Gasteiger partial charge in [0.05, 0.1) is 13.7 Å². The Hall–Kier alpha value is -2.40. The number of benzene rings is 2. The third-order valence-electron chi connectivity index (χ3n) is 2.81. The van der Waals surface area contributed by atoms with Crippen LogP contribution in [0.2, 0.25) is 0 Å². The minimum Gasteiger partial charge on any atom is -0.494 e. The number of amides is 1. The maximum absolute atomic E-state index is 13.3. The smallest absolute Gasteiger partial charge is 0.255 e. The number of nitrogens with one attached hydrogen (secondary N) is 1. The zero-order valence-electron chi connectivity index (χ0n) is 10.9. The van der Waals surface area contributed by atoms with Gasteiger partial charge in [0.25, 0.3) is 5.91 Å². The highest BCUT2D eigenvalue weighted by Crippen LogP contribution is 2.19. The van der Waals surface area contributed by atoms with Crippen LogP contribution >= 0.6 is 0 Å². The van der Waals surface area contributed by atoms with Crippen LogP contribution in [0.3, 0.4) is 0 Å². The van der Waals surface area contributed by atoms with Gasteiger partial charge in [0, 0.05) is 11.3 Å². The summed E-state index contributed by atoms with van der Waals surface area (Å²) in [6.07, 6.45) is 0. The second-order valence-corrected chi connectivity index (χ2v) is 4.16. The van der Waals surface area contributed by atoms with Crippen LogP contribution in [0, 0.1) is 5.82 Å². The number of carbonyl (C=O) groups is 1. The Bertz CT molecular complexity index is 611. The maximum Gasteiger partial charge on any atom is 0.255 e. The van der Waals surface area contributed by atoms with E-state index >= 15 is 0 Å². The molecule has 0 fully saturated rings. The van der Waals surface area contributed by atoms with Gasteiger partial charge in [-0.25, -0.2) is 4.39 Å². The van der Waals surface area contributed by atoms with E-state index in [1.165, 1.54) is 25.3 Å².